The Morgan fingerprint density at radius 2 is 1.97 bits per heavy atom. The van der Waals surface area contributed by atoms with Gasteiger partial charge in [0.2, 0.25) is 5.91 Å². The molecule has 2 heterocycles. The first-order chi connectivity index (χ1) is 14.6. The van der Waals surface area contributed by atoms with E-state index in [0.717, 1.165) is 41.7 Å². The van der Waals surface area contributed by atoms with Crippen LogP contribution in [-0.4, -0.2) is 53.7 Å². The van der Waals surface area contributed by atoms with E-state index in [4.69, 9.17) is 4.74 Å². The summed E-state index contributed by atoms with van der Waals surface area (Å²) in [6.07, 6.45) is 4.51. The number of hydrogen-bond acceptors (Lipinski definition) is 4. The molecule has 0 aliphatic carbocycles. The minimum Gasteiger partial charge on any atom is -0.378 e. The predicted molar refractivity (Wildman–Crippen MR) is 120 cm³/mol. The summed E-state index contributed by atoms with van der Waals surface area (Å²) in [5.74, 6) is 0.153. The number of imidazole rings is 1. The molecule has 1 aliphatic rings. The van der Waals surface area contributed by atoms with E-state index in [1.807, 2.05) is 49.6 Å². The van der Waals surface area contributed by atoms with E-state index in [2.05, 4.69) is 38.7 Å². The molecule has 1 unspecified atom stereocenters. The second-order valence-corrected chi connectivity index (χ2v) is 8.15. The van der Waals surface area contributed by atoms with Crippen LogP contribution in [0.5, 0.6) is 0 Å². The standard InChI is InChI=1S/C24H30N4O2/c1-26(2)20-11-9-19(10-12-20)16-28(17-21-6-5-15-30-21)24(29)13-14-27-18-25-22-7-3-4-8-23(22)27/h3-4,7-12,18,21H,5-6,13-17H2,1-2H3. The molecule has 1 aromatic heterocycles. The summed E-state index contributed by atoms with van der Waals surface area (Å²) in [4.78, 5) is 21.6. The van der Waals surface area contributed by atoms with E-state index in [1.54, 1.807) is 0 Å². The van der Waals surface area contributed by atoms with Crippen molar-refractivity contribution in [3.63, 3.8) is 0 Å². The van der Waals surface area contributed by atoms with E-state index >= 15 is 0 Å². The second-order valence-electron chi connectivity index (χ2n) is 8.15. The van der Waals surface area contributed by atoms with Gasteiger partial charge in [-0.15, -0.1) is 0 Å². The van der Waals surface area contributed by atoms with E-state index in [1.165, 1.54) is 0 Å². The van der Waals surface area contributed by atoms with E-state index in [-0.39, 0.29) is 12.0 Å². The van der Waals surface area contributed by atoms with Crippen LogP contribution in [0.4, 0.5) is 5.69 Å². The number of aromatic nitrogens is 2. The average molecular weight is 407 g/mol. The summed E-state index contributed by atoms with van der Waals surface area (Å²) >= 11 is 0. The topological polar surface area (TPSA) is 50.6 Å². The van der Waals surface area contributed by atoms with Crippen LogP contribution in [0.3, 0.4) is 0 Å². The average Bonchev–Trinajstić information content (AvgIpc) is 3.42. The normalized spacial score (nSPS) is 16.1. The minimum atomic E-state index is 0.143. The van der Waals surface area contributed by atoms with Crippen LogP contribution >= 0.6 is 0 Å². The molecule has 0 bridgehead atoms. The lowest BCUT2D eigenvalue weighted by Gasteiger charge is -2.26. The van der Waals surface area contributed by atoms with Gasteiger partial charge in [-0.3, -0.25) is 4.79 Å². The van der Waals surface area contributed by atoms with Crippen molar-refractivity contribution in [1.29, 1.82) is 0 Å². The van der Waals surface area contributed by atoms with Gasteiger partial charge >= 0.3 is 0 Å². The third-order valence-electron chi connectivity index (χ3n) is 5.72. The van der Waals surface area contributed by atoms with E-state index in [9.17, 15) is 4.79 Å². The monoisotopic (exact) mass is 406 g/mol. The molecule has 0 saturated carbocycles. The molecule has 4 rings (SSSR count). The Morgan fingerprint density at radius 1 is 1.17 bits per heavy atom. The van der Waals surface area contributed by atoms with Crippen molar-refractivity contribution in [1.82, 2.24) is 14.5 Å². The zero-order valence-corrected chi connectivity index (χ0v) is 17.8. The number of fused-ring (bicyclic) bond motifs is 1. The first-order valence-electron chi connectivity index (χ1n) is 10.7. The summed E-state index contributed by atoms with van der Waals surface area (Å²) in [5, 5.41) is 0. The van der Waals surface area contributed by atoms with E-state index in [0.29, 0.717) is 26.1 Å². The van der Waals surface area contributed by atoms with Crippen molar-refractivity contribution in [2.24, 2.45) is 0 Å². The van der Waals surface area contributed by atoms with Crippen molar-refractivity contribution >= 4 is 22.6 Å². The van der Waals surface area contributed by atoms with Crippen LogP contribution in [-0.2, 0) is 22.6 Å². The number of hydrogen-bond donors (Lipinski definition) is 0. The van der Waals surface area contributed by atoms with Gasteiger partial charge in [0.1, 0.15) is 0 Å². The highest BCUT2D eigenvalue weighted by Gasteiger charge is 2.23. The van der Waals surface area contributed by atoms with Gasteiger partial charge in [-0.25, -0.2) is 4.98 Å². The fourth-order valence-electron chi connectivity index (χ4n) is 3.97. The minimum absolute atomic E-state index is 0.143. The van der Waals surface area contributed by atoms with Crippen LogP contribution in [0.25, 0.3) is 11.0 Å². The van der Waals surface area contributed by atoms with Gasteiger partial charge in [-0.05, 0) is 42.7 Å². The molecule has 1 atom stereocenters. The highest BCUT2D eigenvalue weighted by molar-refractivity contribution is 5.77. The van der Waals surface area contributed by atoms with Crippen LogP contribution in [0, 0.1) is 0 Å². The number of para-hydroxylation sites is 2. The first kappa shape index (κ1) is 20.4. The fraction of sp³-hybridized carbons (Fsp3) is 0.417. The molecule has 1 amide bonds. The summed E-state index contributed by atoms with van der Waals surface area (Å²) in [5.41, 5.74) is 4.32. The maximum atomic E-state index is 13.2. The van der Waals surface area contributed by atoms with Crippen molar-refractivity contribution in [2.45, 2.75) is 38.5 Å². The number of ether oxygens (including phenoxy) is 1. The lowest BCUT2D eigenvalue weighted by atomic mass is 10.1. The number of aryl methyl sites for hydroxylation is 1. The molecule has 0 radical (unpaired) electrons. The Bertz CT molecular complexity index is 974. The SMILES string of the molecule is CN(C)c1ccc(CN(CC2CCCO2)C(=O)CCn2cnc3ccccc32)cc1. The number of benzene rings is 2. The number of carbonyl (C=O) groups is 1. The largest absolute Gasteiger partial charge is 0.378 e. The third kappa shape index (κ3) is 4.82. The van der Waals surface area contributed by atoms with Crippen molar-refractivity contribution < 1.29 is 9.53 Å². The Morgan fingerprint density at radius 3 is 2.70 bits per heavy atom. The van der Waals surface area contributed by atoms with E-state index < -0.39 is 0 Å². The van der Waals surface area contributed by atoms with Crippen LogP contribution in [0.2, 0.25) is 0 Å². The van der Waals surface area contributed by atoms with Crippen LogP contribution in [0.15, 0.2) is 54.9 Å². The van der Waals surface area contributed by atoms with Gasteiger partial charge in [0.25, 0.3) is 0 Å². The zero-order chi connectivity index (χ0) is 20.9. The summed E-state index contributed by atoms with van der Waals surface area (Å²) < 4.78 is 7.87. The Hall–Kier alpha value is -2.86. The van der Waals surface area contributed by atoms with Gasteiger partial charge < -0.3 is 19.1 Å². The van der Waals surface area contributed by atoms with Crippen molar-refractivity contribution in [3.05, 3.63) is 60.4 Å². The maximum Gasteiger partial charge on any atom is 0.224 e. The smallest absolute Gasteiger partial charge is 0.224 e. The summed E-state index contributed by atoms with van der Waals surface area (Å²) in [6, 6.07) is 16.4. The molecule has 1 fully saturated rings. The van der Waals surface area contributed by atoms with Gasteiger partial charge in [0.15, 0.2) is 0 Å². The van der Waals surface area contributed by atoms with Crippen molar-refractivity contribution in [2.75, 3.05) is 32.1 Å². The van der Waals surface area contributed by atoms with Crippen LogP contribution in [0.1, 0.15) is 24.8 Å². The molecule has 3 aromatic rings. The number of rotatable bonds is 8. The number of amides is 1. The Labute approximate surface area is 178 Å². The Balaban J connectivity index is 1.44. The quantitative estimate of drug-likeness (QED) is 0.572. The summed E-state index contributed by atoms with van der Waals surface area (Å²) in [7, 11) is 4.06. The molecule has 1 saturated heterocycles. The molecular formula is C24H30N4O2. The molecule has 6 nitrogen and oxygen atoms in total. The van der Waals surface area contributed by atoms with Crippen molar-refractivity contribution in [3.8, 4) is 0 Å². The summed E-state index contributed by atoms with van der Waals surface area (Å²) in [6.45, 7) is 2.68. The highest BCUT2D eigenvalue weighted by Crippen LogP contribution is 2.19. The fourth-order valence-corrected chi connectivity index (χ4v) is 3.97. The number of anilines is 1. The Kier molecular flexibility index (Phi) is 6.33. The second kappa shape index (κ2) is 9.30. The first-order valence-corrected chi connectivity index (χ1v) is 10.7. The molecule has 158 valence electrons. The molecule has 2 aromatic carbocycles. The highest BCUT2D eigenvalue weighted by atomic mass is 16.5. The lowest BCUT2D eigenvalue weighted by molar-refractivity contribution is -0.133. The molecule has 0 N–H and O–H groups in total. The maximum absolute atomic E-state index is 13.2. The number of carbonyl (C=O) groups excluding carboxylic acids is 1. The van der Waals surface area contributed by atoms with Gasteiger partial charge in [-0.1, -0.05) is 24.3 Å². The van der Waals surface area contributed by atoms with Gasteiger partial charge in [0.05, 0.1) is 23.5 Å². The van der Waals surface area contributed by atoms with Gasteiger partial charge in [0, 0.05) is 52.4 Å². The predicted octanol–water partition coefficient (Wildman–Crippen LogP) is 3.70. The molecule has 0 spiro atoms. The molecule has 6 heteroatoms. The van der Waals surface area contributed by atoms with Gasteiger partial charge in [-0.2, -0.15) is 0 Å². The number of nitrogens with zero attached hydrogens (tertiary/aromatic N) is 4. The molecule has 1 aliphatic heterocycles. The van der Waals surface area contributed by atoms with Crippen LogP contribution < -0.4 is 4.90 Å². The third-order valence-corrected chi connectivity index (χ3v) is 5.72. The molecular weight excluding hydrogens is 376 g/mol. The molecule has 30 heavy (non-hydrogen) atoms. The zero-order valence-electron chi connectivity index (χ0n) is 17.8. The lowest BCUT2D eigenvalue weighted by Crippen LogP contribution is -2.37.